The van der Waals surface area contributed by atoms with E-state index in [1.54, 1.807) is 0 Å². The molecule has 3 aliphatic heterocycles. The molecule has 4 heterocycles. The number of hydrogen-bond acceptors (Lipinski definition) is 5. The van der Waals surface area contributed by atoms with E-state index >= 15 is 0 Å². The van der Waals surface area contributed by atoms with E-state index in [9.17, 15) is 4.79 Å². The number of pyridine rings is 1. The van der Waals surface area contributed by atoms with Crippen LogP contribution in [0.25, 0.3) is 11.1 Å². The van der Waals surface area contributed by atoms with Crippen molar-refractivity contribution < 1.29 is 4.79 Å². The van der Waals surface area contributed by atoms with Crippen LogP contribution in [0.1, 0.15) is 56.6 Å². The van der Waals surface area contributed by atoms with E-state index in [1.165, 1.54) is 12.8 Å². The predicted octanol–water partition coefficient (Wildman–Crippen LogP) is 5.07. The van der Waals surface area contributed by atoms with Gasteiger partial charge in [0.1, 0.15) is 0 Å². The Balaban J connectivity index is 1.55. The maximum absolute atomic E-state index is 13.8. The Morgan fingerprint density at radius 1 is 1.18 bits per heavy atom. The van der Waals surface area contributed by atoms with Gasteiger partial charge in [-0.3, -0.25) is 9.78 Å². The molecule has 1 aromatic heterocycles. The van der Waals surface area contributed by atoms with E-state index in [0.29, 0.717) is 0 Å². The molecule has 6 heteroatoms. The topological polar surface area (TPSA) is 78.7 Å². The standard InChI is InChI=1S/C27H29N5O/c1-3-27(19-8-6-7-18(13-19)20-9-12-28-15-17(20)2)21-16-29-32-24(21)30-22-14-26(10-4-5-11-26)31-25(33)23(22)27/h6-9,12-13,15-16,24,30H,3-5,10-11,14H2,1-2H3,(H,31,33)/t24?,27-/m1/s1. The van der Waals surface area contributed by atoms with Crippen molar-refractivity contribution in [2.75, 3.05) is 0 Å². The highest BCUT2D eigenvalue weighted by Crippen LogP contribution is 2.53. The lowest BCUT2D eigenvalue weighted by Gasteiger charge is -2.49. The maximum Gasteiger partial charge on any atom is 0.250 e. The van der Waals surface area contributed by atoms with E-state index in [0.717, 1.165) is 64.8 Å². The summed E-state index contributed by atoms with van der Waals surface area (Å²) in [4.78, 5) is 18.1. The normalized spacial score (nSPS) is 27.2. The molecule has 1 aliphatic carbocycles. The van der Waals surface area contributed by atoms with Crippen molar-refractivity contribution in [1.82, 2.24) is 15.6 Å². The van der Waals surface area contributed by atoms with Crippen molar-refractivity contribution in [3.8, 4) is 11.1 Å². The lowest BCUT2D eigenvalue weighted by molar-refractivity contribution is -0.121. The minimum absolute atomic E-state index is 0.0595. The number of hydrogen-bond donors (Lipinski definition) is 2. The van der Waals surface area contributed by atoms with Gasteiger partial charge in [0, 0.05) is 35.6 Å². The zero-order valence-electron chi connectivity index (χ0n) is 19.2. The summed E-state index contributed by atoms with van der Waals surface area (Å²) in [7, 11) is 0. The van der Waals surface area contributed by atoms with Gasteiger partial charge in [-0.05, 0) is 60.6 Å². The largest absolute Gasteiger partial charge is 0.362 e. The number of aromatic nitrogens is 1. The Bertz CT molecular complexity index is 1240. The van der Waals surface area contributed by atoms with Crippen LogP contribution in [0.5, 0.6) is 0 Å². The minimum Gasteiger partial charge on any atom is -0.362 e. The molecule has 0 radical (unpaired) electrons. The molecule has 6 rings (SSSR count). The fourth-order valence-electron chi connectivity index (χ4n) is 6.54. The molecule has 1 amide bonds. The van der Waals surface area contributed by atoms with Crippen molar-refractivity contribution in [3.05, 3.63) is 76.9 Å². The molecule has 1 unspecified atom stereocenters. The Hall–Kier alpha value is -3.28. The van der Waals surface area contributed by atoms with E-state index in [1.807, 2.05) is 18.6 Å². The fraction of sp³-hybridized carbons (Fsp3) is 0.407. The van der Waals surface area contributed by atoms with Gasteiger partial charge in [0.2, 0.25) is 0 Å². The Morgan fingerprint density at radius 2 is 2.03 bits per heavy atom. The second-order valence-electron chi connectivity index (χ2n) is 9.86. The summed E-state index contributed by atoms with van der Waals surface area (Å²) in [5, 5.41) is 15.8. The highest BCUT2D eigenvalue weighted by molar-refractivity contribution is 6.00. The van der Waals surface area contributed by atoms with E-state index in [4.69, 9.17) is 0 Å². The SMILES string of the molecule is CC[C@@]1(c2cccc(-c3ccncc3C)c2)C2=CN=NC2NC2=C1C(=O)NC1(CCCC1)C2. The number of azo groups is 1. The first-order valence-electron chi connectivity index (χ1n) is 12.0. The van der Waals surface area contributed by atoms with Crippen molar-refractivity contribution >= 4 is 5.91 Å². The maximum atomic E-state index is 13.8. The van der Waals surface area contributed by atoms with Crippen molar-refractivity contribution in [3.63, 3.8) is 0 Å². The quantitative estimate of drug-likeness (QED) is 0.701. The Morgan fingerprint density at radius 3 is 2.82 bits per heavy atom. The Kier molecular flexibility index (Phi) is 4.54. The van der Waals surface area contributed by atoms with Gasteiger partial charge < -0.3 is 10.6 Å². The molecule has 0 bridgehead atoms. The van der Waals surface area contributed by atoms with E-state index in [2.05, 4.69) is 70.0 Å². The zero-order valence-corrected chi connectivity index (χ0v) is 19.2. The van der Waals surface area contributed by atoms with Crippen LogP contribution in [0.4, 0.5) is 0 Å². The summed E-state index contributed by atoms with van der Waals surface area (Å²) in [6.07, 6.45) is 11.4. The molecule has 1 saturated carbocycles. The summed E-state index contributed by atoms with van der Waals surface area (Å²) in [6.45, 7) is 4.25. The number of benzene rings is 1. The molecule has 1 aromatic carbocycles. The summed E-state index contributed by atoms with van der Waals surface area (Å²) >= 11 is 0. The van der Waals surface area contributed by atoms with Gasteiger partial charge >= 0.3 is 0 Å². The van der Waals surface area contributed by atoms with Gasteiger partial charge in [0.25, 0.3) is 5.91 Å². The summed E-state index contributed by atoms with van der Waals surface area (Å²) in [5.41, 5.74) is 6.83. The molecule has 6 nitrogen and oxygen atoms in total. The molecule has 2 N–H and O–H groups in total. The predicted molar refractivity (Wildman–Crippen MR) is 127 cm³/mol. The number of carbonyl (C=O) groups is 1. The van der Waals surface area contributed by atoms with Crippen molar-refractivity contribution in [2.45, 2.75) is 69.5 Å². The number of amides is 1. The van der Waals surface area contributed by atoms with Gasteiger partial charge in [0.05, 0.1) is 17.2 Å². The van der Waals surface area contributed by atoms with Crippen LogP contribution in [-0.4, -0.2) is 22.6 Å². The summed E-state index contributed by atoms with van der Waals surface area (Å²) < 4.78 is 0. The number of nitrogens with zero attached hydrogens (tertiary/aromatic N) is 3. The number of fused-ring (bicyclic) bond motifs is 1. The highest BCUT2D eigenvalue weighted by Gasteiger charge is 2.54. The monoisotopic (exact) mass is 439 g/mol. The third-order valence-electron chi connectivity index (χ3n) is 8.10. The number of rotatable bonds is 3. The molecule has 1 fully saturated rings. The first-order chi connectivity index (χ1) is 16.1. The van der Waals surface area contributed by atoms with Crippen LogP contribution in [-0.2, 0) is 10.2 Å². The fourth-order valence-corrected chi connectivity index (χ4v) is 6.54. The molecule has 1 spiro atoms. The van der Waals surface area contributed by atoms with E-state index in [-0.39, 0.29) is 17.6 Å². The van der Waals surface area contributed by atoms with Crippen LogP contribution in [0.2, 0.25) is 0 Å². The lowest BCUT2D eigenvalue weighted by atomic mass is 9.61. The molecule has 2 aromatic rings. The average molecular weight is 440 g/mol. The van der Waals surface area contributed by atoms with Gasteiger partial charge in [0.15, 0.2) is 6.17 Å². The van der Waals surface area contributed by atoms with Crippen LogP contribution < -0.4 is 10.6 Å². The van der Waals surface area contributed by atoms with Gasteiger partial charge in [-0.15, -0.1) is 0 Å². The summed E-state index contributed by atoms with van der Waals surface area (Å²) in [6, 6.07) is 10.7. The highest BCUT2D eigenvalue weighted by atomic mass is 16.2. The minimum atomic E-state index is -0.560. The molecular weight excluding hydrogens is 410 g/mol. The first kappa shape index (κ1) is 20.3. The lowest BCUT2D eigenvalue weighted by Crippen LogP contribution is -2.59. The number of nitrogens with one attached hydrogen (secondary N) is 2. The average Bonchev–Trinajstić information content (AvgIpc) is 3.47. The second-order valence-corrected chi connectivity index (χ2v) is 9.86. The van der Waals surface area contributed by atoms with Crippen LogP contribution in [0.15, 0.2) is 76.0 Å². The zero-order chi connectivity index (χ0) is 22.6. The van der Waals surface area contributed by atoms with Gasteiger partial charge in [-0.25, -0.2) is 0 Å². The van der Waals surface area contributed by atoms with Crippen molar-refractivity contribution in [1.29, 1.82) is 0 Å². The van der Waals surface area contributed by atoms with Gasteiger partial charge in [-0.1, -0.05) is 38.0 Å². The molecule has 4 aliphatic rings. The Labute approximate surface area is 194 Å². The van der Waals surface area contributed by atoms with Gasteiger partial charge in [-0.2, -0.15) is 10.2 Å². The summed E-state index contributed by atoms with van der Waals surface area (Å²) in [5.74, 6) is 0.0595. The third kappa shape index (κ3) is 2.93. The first-order valence-corrected chi connectivity index (χ1v) is 12.0. The van der Waals surface area contributed by atoms with Crippen LogP contribution >= 0.6 is 0 Å². The molecule has 2 atom stereocenters. The molecule has 0 saturated heterocycles. The van der Waals surface area contributed by atoms with Crippen molar-refractivity contribution in [2.24, 2.45) is 10.2 Å². The molecular formula is C27H29N5O. The third-order valence-corrected chi connectivity index (χ3v) is 8.10. The molecule has 33 heavy (non-hydrogen) atoms. The number of aryl methyl sites for hydroxylation is 1. The van der Waals surface area contributed by atoms with Crippen LogP contribution in [0.3, 0.4) is 0 Å². The smallest absolute Gasteiger partial charge is 0.250 e. The van der Waals surface area contributed by atoms with E-state index < -0.39 is 5.41 Å². The molecule has 168 valence electrons. The van der Waals surface area contributed by atoms with Crippen LogP contribution in [0, 0.1) is 6.92 Å². The number of carbonyl (C=O) groups excluding carboxylic acids is 1. The second kappa shape index (κ2) is 7.37.